The van der Waals surface area contributed by atoms with Crippen molar-refractivity contribution in [1.29, 1.82) is 0 Å². The summed E-state index contributed by atoms with van der Waals surface area (Å²) in [6.07, 6.45) is 2.54. The fourth-order valence-electron chi connectivity index (χ4n) is 3.27. The van der Waals surface area contributed by atoms with Crippen LogP contribution in [0.25, 0.3) is 0 Å². The van der Waals surface area contributed by atoms with E-state index in [1.807, 2.05) is 11.8 Å². The highest BCUT2D eigenvalue weighted by atomic mass is 32.2. The van der Waals surface area contributed by atoms with Gasteiger partial charge in [0.25, 0.3) is 0 Å². The summed E-state index contributed by atoms with van der Waals surface area (Å²) in [4.78, 5) is 6.97. The molecule has 1 aliphatic heterocycles. The lowest BCUT2D eigenvalue weighted by atomic mass is 10.2. The van der Waals surface area contributed by atoms with Crippen LogP contribution >= 0.6 is 11.8 Å². The molecule has 0 aromatic heterocycles. The van der Waals surface area contributed by atoms with Gasteiger partial charge in [0.05, 0.1) is 31.0 Å². The molecule has 0 saturated carbocycles. The van der Waals surface area contributed by atoms with Crippen molar-refractivity contribution in [3.05, 3.63) is 48.5 Å². The minimum Gasteiger partial charge on any atom is -0.340 e. The number of benzene rings is 2. The van der Waals surface area contributed by atoms with E-state index >= 15 is 0 Å². The summed E-state index contributed by atoms with van der Waals surface area (Å²) in [6, 6.07) is 17.6. The number of fused-ring (bicyclic) bond motifs is 2. The highest BCUT2D eigenvalue weighted by molar-refractivity contribution is 7.99. The van der Waals surface area contributed by atoms with Crippen LogP contribution in [0.1, 0.15) is 26.7 Å². The molecule has 122 valence electrons. The third kappa shape index (κ3) is 3.73. The van der Waals surface area contributed by atoms with Crippen LogP contribution in [0.3, 0.4) is 0 Å². The van der Waals surface area contributed by atoms with Crippen molar-refractivity contribution in [2.24, 2.45) is 0 Å². The first-order chi connectivity index (χ1) is 11.3. The first-order valence-electron chi connectivity index (χ1n) is 8.80. The topological polar surface area (TPSA) is 7.68 Å². The van der Waals surface area contributed by atoms with E-state index in [1.54, 1.807) is 4.90 Å². The third-order valence-electron chi connectivity index (χ3n) is 4.69. The maximum absolute atomic E-state index is 2.51. The van der Waals surface area contributed by atoms with Crippen LogP contribution in [0.2, 0.25) is 0 Å². The molecule has 0 radical (unpaired) electrons. The molecule has 2 aromatic rings. The van der Waals surface area contributed by atoms with Gasteiger partial charge in [0.15, 0.2) is 0 Å². The van der Waals surface area contributed by atoms with Crippen molar-refractivity contribution in [3.8, 4) is 0 Å². The Morgan fingerprint density at radius 1 is 0.826 bits per heavy atom. The summed E-state index contributed by atoms with van der Waals surface area (Å²) in [5.41, 5.74) is 2.73. The van der Waals surface area contributed by atoms with E-state index in [4.69, 9.17) is 0 Å². The molecule has 0 unspecified atom stereocenters. The number of anilines is 2. The molecule has 0 atom stereocenters. The zero-order chi connectivity index (χ0) is 16.1. The predicted octanol–water partition coefficient (Wildman–Crippen LogP) is 3.99. The fourth-order valence-corrected chi connectivity index (χ4v) is 4.37. The molecule has 1 heterocycles. The molecule has 1 aliphatic rings. The van der Waals surface area contributed by atoms with Crippen molar-refractivity contribution in [3.63, 3.8) is 0 Å². The number of rotatable bonds is 7. The van der Waals surface area contributed by atoms with Gasteiger partial charge >= 0.3 is 0 Å². The Labute approximate surface area is 144 Å². The lowest BCUT2D eigenvalue weighted by molar-refractivity contribution is -0.896. The molecule has 0 saturated heterocycles. The van der Waals surface area contributed by atoms with E-state index in [0.29, 0.717) is 0 Å². The fraction of sp³-hybridized carbons (Fsp3) is 0.400. The third-order valence-corrected chi connectivity index (χ3v) is 5.82. The minimum absolute atomic E-state index is 1.11. The molecule has 0 aliphatic carbocycles. The molecule has 3 heteroatoms. The van der Waals surface area contributed by atoms with Crippen LogP contribution in [-0.4, -0.2) is 26.2 Å². The Balaban J connectivity index is 1.71. The summed E-state index contributed by atoms with van der Waals surface area (Å²) in [6.45, 7) is 9.44. The number of nitrogens with zero attached hydrogens (tertiary/aromatic N) is 1. The number of hydrogen-bond acceptors (Lipinski definition) is 2. The molecule has 2 aromatic carbocycles. The van der Waals surface area contributed by atoms with E-state index in [0.717, 1.165) is 6.54 Å². The molecular formula is C20H27N2S+. The lowest BCUT2D eigenvalue weighted by Crippen LogP contribution is -3.11. The van der Waals surface area contributed by atoms with E-state index in [2.05, 4.69) is 67.3 Å². The number of quaternary nitrogens is 1. The smallest absolute Gasteiger partial charge is 0.0771 e. The van der Waals surface area contributed by atoms with E-state index in [-0.39, 0.29) is 0 Å². The number of hydrogen-bond donors (Lipinski definition) is 1. The first kappa shape index (κ1) is 16.4. The standard InChI is InChI=1S/C20H26N2S/c1-3-21(4-2)15-9-10-16-22-17-11-5-7-13-19(17)23-20-14-8-6-12-18(20)22/h5-8,11-14H,3-4,9-10,15-16H2,1-2H3/p+1. The Kier molecular flexibility index (Phi) is 5.63. The second kappa shape index (κ2) is 7.89. The second-order valence-corrected chi connectivity index (χ2v) is 7.19. The minimum atomic E-state index is 1.11. The average Bonchev–Trinajstić information content (AvgIpc) is 2.61. The molecule has 2 nitrogen and oxygen atoms in total. The van der Waals surface area contributed by atoms with Crippen LogP contribution < -0.4 is 9.80 Å². The van der Waals surface area contributed by atoms with Crippen molar-refractivity contribution >= 4 is 23.1 Å². The largest absolute Gasteiger partial charge is 0.340 e. The van der Waals surface area contributed by atoms with Crippen LogP contribution in [0.5, 0.6) is 0 Å². The quantitative estimate of drug-likeness (QED) is 0.769. The summed E-state index contributed by atoms with van der Waals surface area (Å²) < 4.78 is 0. The number of unbranched alkanes of at least 4 members (excludes halogenated alkanes) is 1. The van der Waals surface area contributed by atoms with Gasteiger partial charge in [-0.05, 0) is 51.0 Å². The Hall–Kier alpha value is -1.45. The summed E-state index contributed by atoms with van der Waals surface area (Å²) in [5, 5.41) is 0. The second-order valence-electron chi connectivity index (χ2n) is 6.10. The Bertz CT molecular complexity index is 592. The molecule has 3 rings (SSSR count). The number of nitrogens with one attached hydrogen (secondary N) is 1. The molecule has 0 fully saturated rings. The van der Waals surface area contributed by atoms with Gasteiger partial charge in [-0.1, -0.05) is 36.0 Å². The van der Waals surface area contributed by atoms with Crippen LogP contribution in [-0.2, 0) is 0 Å². The molecule has 1 N–H and O–H groups in total. The highest BCUT2D eigenvalue weighted by Gasteiger charge is 2.22. The van der Waals surface area contributed by atoms with Crippen molar-refractivity contribution in [2.45, 2.75) is 36.5 Å². The first-order valence-corrected chi connectivity index (χ1v) is 9.62. The van der Waals surface area contributed by atoms with E-state index in [1.165, 1.54) is 53.6 Å². The lowest BCUT2D eigenvalue weighted by Gasteiger charge is -2.32. The molecular weight excluding hydrogens is 300 g/mol. The van der Waals surface area contributed by atoms with Crippen LogP contribution in [0.15, 0.2) is 58.3 Å². The van der Waals surface area contributed by atoms with Gasteiger partial charge in [0.1, 0.15) is 0 Å². The van der Waals surface area contributed by atoms with Gasteiger partial charge in [-0.25, -0.2) is 0 Å². The van der Waals surface area contributed by atoms with Crippen LogP contribution in [0, 0.1) is 0 Å². The van der Waals surface area contributed by atoms with Gasteiger partial charge in [0, 0.05) is 16.3 Å². The number of para-hydroxylation sites is 2. The summed E-state index contributed by atoms with van der Waals surface area (Å²) in [7, 11) is 0. The molecule has 23 heavy (non-hydrogen) atoms. The van der Waals surface area contributed by atoms with Gasteiger partial charge in [0.2, 0.25) is 0 Å². The maximum Gasteiger partial charge on any atom is 0.0771 e. The predicted molar refractivity (Wildman–Crippen MR) is 100 cm³/mol. The zero-order valence-electron chi connectivity index (χ0n) is 14.2. The Morgan fingerprint density at radius 2 is 1.39 bits per heavy atom. The summed E-state index contributed by atoms with van der Waals surface area (Å²) >= 11 is 1.89. The van der Waals surface area contributed by atoms with Gasteiger partial charge in [-0.15, -0.1) is 0 Å². The van der Waals surface area contributed by atoms with E-state index < -0.39 is 0 Å². The highest BCUT2D eigenvalue weighted by Crippen LogP contribution is 2.47. The molecule has 0 bridgehead atoms. The Morgan fingerprint density at radius 3 is 1.96 bits per heavy atom. The monoisotopic (exact) mass is 327 g/mol. The van der Waals surface area contributed by atoms with Crippen LogP contribution in [0.4, 0.5) is 11.4 Å². The van der Waals surface area contributed by atoms with Gasteiger partial charge in [-0.3, -0.25) is 0 Å². The SMILES string of the molecule is CC[NH+](CC)CCCCN1c2ccccc2Sc2ccccc21. The zero-order valence-corrected chi connectivity index (χ0v) is 15.0. The normalized spacial score (nSPS) is 13.1. The van der Waals surface area contributed by atoms with Crippen molar-refractivity contribution < 1.29 is 4.90 Å². The van der Waals surface area contributed by atoms with Crippen molar-refractivity contribution in [2.75, 3.05) is 31.1 Å². The van der Waals surface area contributed by atoms with Gasteiger partial charge < -0.3 is 9.80 Å². The molecule has 0 spiro atoms. The summed E-state index contributed by atoms with van der Waals surface area (Å²) in [5.74, 6) is 0. The maximum atomic E-state index is 2.51. The van der Waals surface area contributed by atoms with Gasteiger partial charge in [-0.2, -0.15) is 0 Å². The van der Waals surface area contributed by atoms with E-state index in [9.17, 15) is 0 Å². The molecule has 0 amide bonds. The average molecular weight is 328 g/mol. The van der Waals surface area contributed by atoms with Crippen molar-refractivity contribution in [1.82, 2.24) is 0 Å².